The summed E-state index contributed by atoms with van der Waals surface area (Å²) < 4.78 is 65.9. The standard InChI is InChI=1S/C34H35F3O7/c1-19-11-24(43-18-33(40)7-9-41-10-8-33)12-20(2)32(19)28-15-22(34(35,36)37)14-27-26(28)5-6-29(27)44-23-3-4-25-21(13-31(38)39)17-42-30(25)16-23/h3-4,11-12,14-16,21,29,40H,5-10,13,17-18H2,1-2H3,(H,38,39)/t21?,29-/m1/s1. The highest BCUT2D eigenvalue weighted by Gasteiger charge is 2.37. The van der Waals surface area contributed by atoms with Gasteiger partial charge in [-0.2, -0.15) is 13.2 Å². The van der Waals surface area contributed by atoms with E-state index in [1.165, 1.54) is 12.1 Å². The molecule has 0 radical (unpaired) electrons. The molecule has 3 aromatic carbocycles. The third kappa shape index (κ3) is 6.10. The first-order chi connectivity index (χ1) is 20.9. The number of ether oxygens (including phenoxy) is 4. The van der Waals surface area contributed by atoms with Gasteiger partial charge in [-0.15, -0.1) is 0 Å². The number of hydrogen-bond acceptors (Lipinski definition) is 6. The van der Waals surface area contributed by atoms with Crippen LogP contribution in [0.15, 0.2) is 42.5 Å². The molecule has 6 rings (SSSR count). The zero-order valence-electron chi connectivity index (χ0n) is 24.6. The van der Waals surface area contributed by atoms with Crippen LogP contribution in [0, 0.1) is 13.8 Å². The normalized spacial score (nSPS) is 20.5. The van der Waals surface area contributed by atoms with Crippen LogP contribution in [-0.4, -0.2) is 48.2 Å². The van der Waals surface area contributed by atoms with E-state index < -0.39 is 29.4 Å². The number of fused-ring (bicyclic) bond motifs is 2. The van der Waals surface area contributed by atoms with E-state index in [0.717, 1.165) is 27.8 Å². The Hall–Kier alpha value is -3.76. The Morgan fingerprint density at radius 3 is 2.43 bits per heavy atom. The number of halogens is 3. The van der Waals surface area contributed by atoms with Crippen molar-refractivity contribution in [2.75, 3.05) is 26.4 Å². The molecule has 10 heteroatoms. The molecule has 1 saturated heterocycles. The van der Waals surface area contributed by atoms with Gasteiger partial charge in [0.15, 0.2) is 0 Å². The first-order valence-corrected chi connectivity index (χ1v) is 14.8. The maximum Gasteiger partial charge on any atom is 0.416 e. The predicted molar refractivity (Wildman–Crippen MR) is 155 cm³/mol. The second-order valence-corrected chi connectivity index (χ2v) is 12.1. The third-order valence-electron chi connectivity index (χ3n) is 8.89. The van der Waals surface area contributed by atoms with Gasteiger partial charge < -0.3 is 29.2 Å². The van der Waals surface area contributed by atoms with Crippen molar-refractivity contribution in [3.8, 4) is 28.4 Å². The van der Waals surface area contributed by atoms with Gasteiger partial charge in [0, 0.05) is 43.6 Å². The van der Waals surface area contributed by atoms with Gasteiger partial charge >= 0.3 is 12.1 Å². The van der Waals surface area contributed by atoms with Crippen molar-refractivity contribution in [1.82, 2.24) is 0 Å². The summed E-state index contributed by atoms with van der Waals surface area (Å²) in [6.45, 7) is 5.02. The molecule has 0 saturated carbocycles. The molecule has 0 bridgehead atoms. The summed E-state index contributed by atoms with van der Waals surface area (Å²) in [5, 5.41) is 20.0. The first-order valence-electron chi connectivity index (χ1n) is 14.8. The van der Waals surface area contributed by atoms with E-state index in [9.17, 15) is 28.2 Å². The number of alkyl halides is 3. The number of carboxylic acids is 1. The number of carboxylic acid groups (broad SMARTS) is 1. The number of hydrogen-bond donors (Lipinski definition) is 2. The van der Waals surface area contributed by atoms with Crippen LogP contribution in [0.25, 0.3) is 11.1 Å². The van der Waals surface area contributed by atoms with E-state index in [0.29, 0.717) is 67.3 Å². The minimum atomic E-state index is -4.55. The smallest absolute Gasteiger partial charge is 0.416 e. The van der Waals surface area contributed by atoms with Crippen LogP contribution < -0.4 is 14.2 Å². The van der Waals surface area contributed by atoms with Crippen LogP contribution in [0.5, 0.6) is 17.2 Å². The zero-order valence-corrected chi connectivity index (χ0v) is 24.6. The molecule has 1 unspecified atom stereocenters. The summed E-state index contributed by atoms with van der Waals surface area (Å²) >= 11 is 0. The van der Waals surface area contributed by atoms with Gasteiger partial charge in [-0.1, -0.05) is 6.07 Å². The fourth-order valence-corrected chi connectivity index (χ4v) is 6.62. The Morgan fingerprint density at radius 2 is 1.75 bits per heavy atom. The van der Waals surface area contributed by atoms with Crippen LogP contribution in [-0.2, 0) is 22.1 Å². The molecule has 2 heterocycles. The average Bonchev–Trinajstić information content (AvgIpc) is 3.55. The summed E-state index contributed by atoms with van der Waals surface area (Å²) in [4.78, 5) is 11.2. The monoisotopic (exact) mass is 612 g/mol. The van der Waals surface area contributed by atoms with Gasteiger partial charge in [-0.3, -0.25) is 4.79 Å². The molecule has 2 N–H and O–H groups in total. The zero-order chi connectivity index (χ0) is 31.2. The second-order valence-electron chi connectivity index (χ2n) is 12.1. The Balaban J connectivity index is 1.30. The van der Waals surface area contributed by atoms with Gasteiger partial charge in [0.25, 0.3) is 0 Å². The van der Waals surface area contributed by atoms with E-state index in [1.54, 1.807) is 18.2 Å². The summed E-state index contributed by atoms with van der Waals surface area (Å²) in [7, 11) is 0. The van der Waals surface area contributed by atoms with Crippen LogP contribution in [0.3, 0.4) is 0 Å². The van der Waals surface area contributed by atoms with Gasteiger partial charge in [0.2, 0.25) is 0 Å². The molecule has 2 atom stereocenters. The fourth-order valence-electron chi connectivity index (χ4n) is 6.62. The minimum Gasteiger partial charge on any atom is -0.492 e. The lowest BCUT2D eigenvalue weighted by molar-refractivity contribution is -0.138. The molecular formula is C34H35F3O7. The molecule has 0 amide bonds. The quantitative estimate of drug-likeness (QED) is 0.285. The molecular weight excluding hydrogens is 577 g/mol. The fraction of sp³-hybridized carbons (Fsp3) is 0.441. The van der Waals surface area contributed by atoms with E-state index in [1.807, 2.05) is 26.0 Å². The Kier molecular flexibility index (Phi) is 8.00. The molecule has 1 aliphatic carbocycles. The third-order valence-corrected chi connectivity index (χ3v) is 8.89. The summed E-state index contributed by atoms with van der Waals surface area (Å²) in [5.41, 5.74) is 3.19. The van der Waals surface area contributed by atoms with Crippen LogP contribution in [0.2, 0.25) is 0 Å². The molecule has 0 aromatic heterocycles. The largest absolute Gasteiger partial charge is 0.492 e. The first kappa shape index (κ1) is 30.3. The van der Waals surface area contributed by atoms with Gasteiger partial charge in [0.1, 0.15) is 35.6 Å². The Morgan fingerprint density at radius 1 is 1.02 bits per heavy atom. The summed E-state index contributed by atoms with van der Waals surface area (Å²) in [5.74, 6) is 0.381. The van der Waals surface area contributed by atoms with E-state index in [4.69, 9.17) is 18.9 Å². The van der Waals surface area contributed by atoms with Crippen molar-refractivity contribution in [3.63, 3.8) is 0 Å². The predicted octanol–water partition coefficient (Wildman–Crippen LogP) is 6.93. The van der Waals surface area contributed by atoms with Crippen molar-refractivity contribution < 1.29 is 47.1 Å². The minimum absolute atomic E-state index is 0.0459. The van der Waals surface area contributed by atoms with Gasteiger partial charge in [-0.05, 0) is 90.4 Å². The van der Waals surface area contributed by atoms with Crippen LogP contribution in [0.1, 0.15) is 71.1 Å². The average molecular weight is 613 g/mol. The SMILES string of the molecule is Cc1cc(OCC2(O)CCOCC2)cc(C)c1-c1cc(C(F)(F)F)cc2c1CC[C@H]2Oc1ccc2c(c1)OCC2CC(=O)O. The Labute approximate surface area is 253 Å². The number of rotatable bonds is 8. The van der Waals surface area contributed by atoms with Crippen LogP contribution in [0.4, 0.5) is 13.2 Å². The van der Waals surface area contributed by atoms with Crippen molar-refractivity contribution in [3.05, 3.63) is 75.8 Å². The van der Waals surface area contributed by atoms with E-state index in [-0.39, 0.29) is 25.6 Å². The van der Waals surface area contributed by atoms with Crippen molar-refractivity contribution >= 4 is 5.97 Å². The summed E-state index contributed by atoms with van der Waals surface area (Å²) in [6.07, 6.45) is -3.19. The highest BCUT2D eigenvalue weighted by atomic mass is 19.4. The maximum absolute atomic E-state index is 14.2. The molecule has 1 fully saturated rings. The highest BCUT2D eigenvalue weighted by Crippen LogP contribution is 2.47. The lowest BCUT2D eigenvalue weighted by Gasteiger charge is -2.31. The molecule has 2 aliphatic heterocycles. The maximum atomic E-state index is 14.2. The number of aliphatic carboxylic acids is 1. The van der Waals surface area contributed by atoms with Gasteiger partial charge in [-0.25, -0.2) is 0 Å². The second kappa shape index (κ2) is 11.6. The van der Waals surface area contributed by atoms with E-state index in [2.05, 4.69) is 0 Å². The molecule has 0 spiro atoms. The van der Waals surface area contributed by atoms with Gasteiger partial charge in [0.05, 0.1) is 18.6 Å². The van der Waals surface area contributed by atoms with Crippen molar-refractivity contribution in [2.45, 2.75) is 69.8 Å². The molecule has 44 heavy (non-hydrogen) atoms. The number of carbonyl (C=O) groups is 1. The lowest BCUT2D eigenvalue weighted by atomic mass is 9.88. The number of benzene rings is 3. The lowest BCUT2D eigenvalue weighted by Crippen LogP contribution is -2.41. The number of aliphatic hydroxyl groups is 1. The van der Waals surface area contributed by atoms with Crippen LogP contribution >= 0.6 is 0 Å². The van der Waals surface area contributed by atoms with Crippen molar-refractivity contribution in [2.24, 2.45) is 0 Å². The summed E-state index contributed by atoms with van der Waals surface area (Å²) in [6, 6.07) is 11.2. The Bertz CT molecular complexity index is 1550. The number of aryl methyl sites for hydroxylation is 2. The molecule has 234 valence electrons. The topological polar surface area (TPSA) is 94.5 Å². The molecule has 7 nitrogen and oxygen atoms in total. The molecule has 3 aromatic rings. The van der Waals surface area contributed by atoms with E-state index >= 15 is 0 Å². The van der Waals surface area contributed by atoms with Crippen molar-refractivity contribution in [1.29, 1.82) is 0 Å². The highest BCUT2D eigenvalue weighted by molar-refractivity contribution is 5.77. The molecule has 3 aliphatic rings.